The van der Waals surface area contributed by atoms with Crippen molar-refractivity contribution in [3.63, 3.8) is 0 Å². The maximum absolute atomic E-state index is 11.1. The molecule has 0 saturated carbocycles. The molecule has 0 aliphatic carbocycles. The van der Waals surface area contributed by atoms with Gasteiger partial charge in [-0.2, -0.15) is 0 Å². The number of hydrogen-bond acceptors (Lipinski definition) is 4. The highest BCUT2D eigenvalue weighted by Crippen LogP contribution is 2.10. The van der Waals surface area contributed by atoms with E-state index in [-0.39, 0.29) is 11.9 Å². The molecular weight excluding hydrogens is 194 g/mol. The summed E-state index contributed by atoms with van der Waals surface area (Å²) in [5.41, 5.74) is -0.690. The highest BCUT2D eigenvalue weighted by molar-refractivity contribution is 5.71. The van der Waals surface area contributed by atoms with Gasteiger partial charge in [-0.25, -0.2) is 0 Å². The smallest absolute Gasteiger partial charge is 0.309 e. The van der Waals surface area contributed by atoms with Gasteiger partial charge in [-0.1, -0.05) is 20.3 Å². The largest absolute Gasteiger partial charge is 0.469 e. The third-order valence-corrected chi connectivity index (χ3v) is 2.35. The Kier molecular flexibility index (Phi) is 6.52. The second-order valence-corrected chi connectivity index (χ2v) is 4.30. The van der Waals surface area contributed by atoms with E-state index in [9.17, 15) is 9.90 Å². The summed E-state index contributed by atoms with van der Waals surface area (Å²) >= 11 is 0. The summed E-state index contributed by atoms with van der Waals surface area (Å²) in [6.07, 6.45) is 1.70. The Bertz CT molecular complexity index is 192. The van der Waals surface area contributed by atoms with E-state index < -0.39 is 5.60 Å². The Balaban J connectivity index is 3.73. The van der Waals surface area contributed by atoms with Crippen molar-refractivity contribution >= 4 is 5.97 Å². The van der Waals surface area contributed by atoms with Crippen molar-refractivity contribution in [3.8, 4) is 0 Å². The zero-order valence-corrected chi connectivity index (χ0v) is 10.2. The molecular formula is C11H23NO3. The SMILES string of the molecule is CCCC(C)(O)CNCC(C)C(=O)OC. The van der Waals surface area contributed by atoms with Crippen LogP contribution in [-0.2, 0) is 9.53 Å². The minimum absolute atomic E-state index is 0.174. The predicted molar refractivity (Wildman–Crippen MR) is 59.6 cm³/mol. The lowest BCUT2D eigenvalue weighted by atomic mass is 10.0. The minimum atomic E-state index is -0.690. The Hall–Kier alpha value is -0.610. The molecule has 4 heteroatoms. The molecule has 2 N–H and O–H groups in total. The summed E-state index contributed by atoms with van der Waals surface area (Å²) < 4.78 is 4.60. The normalized spacial score (nSPS) is 16.9. The highest BCUT2D eigenvalue weighted by Gasteiger charge is 2.19. The number of carbonyl (C=O) groups excluding carboxylic acids is 1. The molecule has 0 fully saturated rings. The molecule has 0 rings (SSSR count). The first-order valence-electron chi connectivity index (χ1n) is 5.44. The first-order chi connectivity index (χ1) is 6.93. The molecule has 0 aromatic carbocycles. The van der Waals surface area contributed by atoms with E-state index in [2.05, 4.69) is 10.1 Å². The second kappa shape index (κ2) is 6.80. The minimum Gasteiger partial charge on any atom is -0.469 e. The van der Waals surface area contributed by atoms with Crippen LogP contribution in [-0.4, -0.2) is 36.9 Å². The van der Waals surface area contributed by atoms with Gasteiger partial charge >= 0.3 is 5.97 Å². The molecule has 0 amide bonds. The quantitative estimate of drug-likeness (QED) is 0.623. The Morgan fingerprint density at radius 3 is 2.67 bits per heavy atom. The molecule has 0 spiro atoms. The lowest BCUT2D eigenvalue weighted by Gasteiger charge is -2.23. The second-order valence-electron chi connectivity index (χ2n) is 4.30. The summed E-state index contributed by atoms with van der Waals surface area (Å²) in [5, 5.41) is 12.9. The summed E-state index contributed by atoms with van der Waals surface area (Å²) in [5.74, 6) is -0.398. The van der Waals surface area contributed by atoms with Crippen LogP contribution in [0.2, 0.25) is 0 Å². The molecule has 4 nitrogen and oxygen atoms in total. The average Bonchev–Trinajstić information content (AvgIpc) is 2.15. The molecule has 15 heavy (non-hydrogen) atoms. The molecule has 2 atom stereocenters. The van der Waals surface area contributed by atoms with Crippen molar-refractivity contribution in [3.05, 3.63) is 0 Å². The highest BCUT2D eigenvalue weighted by atomic mass is 16.5. The number of hydrogen-bond donors (Lipinski definition) is 2. The monoisotopic (exact) mass is 217 g/mol. The van der Waals surface area contributed by atoms with Crippen LogP contribution in [0.3, 0.4) is 0 Å². The third kappa shape index (κ3) is 6.47. The van der Waals surface area contributed by atoms with E-state index in [1.54, 1.807) is 13.8 Å². The maximum atomic E-state index is 11.1. The third-order valence-electron chi connectivity index (χ3n) is 2.35. The molecule has 0 heterocycles. The van der Waals surface area contributed by atoms with Crippen molar-refractivity contribution in [2.45, 2.75) is 39.2 Å². The van der Waals surface area contributed by atoms with Gasteiger partial charge < -0.3 is 15.2 Å². The lowest BCUT2D eigenvalue weighted by Crippen LogP contribution is -2.40. The van der Waals surface area contributed by atoms with Crippen LogP contribution in [0.1, 0.15) is 33.6 Å². The van der Waals surface area contributed by atoms with Gasteiger partial charge in [0.05, 0.1) is 18.6 Å². The van der Waals surface area contributed by atoms with Crippen LogP contribution in [0.5, 0.6) is 0 Å². The van der Waals surface area contributed by atoms with Crippen molar-refractivity contribution < 1.29 is 14.6 Å². The van der Waals surface area contributed by atoms with Gasteiger partial charge in [-0.05, 0) is 13.3 Å². The van der Waals surface area contributed by atoms with Crippen LogP contribution in [0.4, 0.5) is 0 Å². The van der Waals surface area contributed by atoms with E-state index in [0.717, 1.165) is 12.8 Å². The number of aliphatic hydroxyl groups is 1. The van der Waals surface area contributed by atoms with E-state index >= 15 is 0 Å². The fraction of sp³-hybridized carbons (Fsp3) is 0.909. The molecule has 0 aliphatic heterocycles. The average molecular weight is 217 g/mol. The Labute approximate surface area is 92.0 Å². The molecule has 0 aromatic rings. The van der Waals surface area contributed by atoms with Crippen molar-refractivity contribution in [2.75, 3.05) is 20.2 Å². The van der Waals surface area contributed by atoms with Crippen LogP contribution in [0.15, 0.2) is 0 Å². The fourth-order valence-corrected chi connectivity index (χ4v) is 1.47. The molecule has 0 aromatic heterocycles. The first kappa shape index (κ1) is 14.4. The number of esters is 1. The standard InChI is InChI=1S/C11H23NO3/c1-5-6-11(3,14)8-12-7-9(2)10(13)15-4/h9,12,14H,5-8H2,1-4H3. The van der Waals surface area contributed by atoms with Gasteiger partial charge in [0, 0.05) is 13.1 Å². The van der Waals surface area contributed by atoms with Gasteiger partial charge in [-0.3, -0.25) is 4.79 Å². The van der Waals surface area contributed by atoms with Crippen LogP contribution >= 0.6 is 0 Å². The fourth-order valence-electron chi connectivity index (χ4n) is 1.47. The van der Waals surface area contributed by atoms with E-state index in [0.29, 0.717) is 13.1 Å². The van der Waals surface area contributed by atoms with Crippen LogP contribution in [0.25, 0.3) is 0 Å². The molecule has 0 radical (unpaired) electrons. The van der Waals surface area contributed by atoms with Gasteiger partial charge in [0.25, 0.3) is 0 Å². The van der Waals surface area contributed by atoms with E-state index in [4.69, 9.17) is 0 Å². The summed E-state index contributed by atoms with van der Waals surface area (Å²) in [6.45, 7) is 6.67. The number of carbonyl (C=O) groups is 1. The summed E-state index contributed by atoms with van der Waals surface area (Å²) in [7, 11) is 1.38. The maximum Gasteiger partial charge on any atom is 0.309 e. The van der Waals surface area contributed by atoms with E-state index in [1.807, 2.05) is 6.92 Å². The van der Waals surface area contributed by atoms with Gasteiger partial charge in [-0.15, -0.1) is 0 Å². The number of nitrogens with one attached hydrogen (secondary N) is 1. The van der Waals surface area contributed by atoms with Gasteiger partial charge in [0.1, 0.15) is 0 Å². The predicted octanol–water partition coefficient (Wildman–Crippen LogP) is 0.936. The molecule has 90 valence electrons. The zero-order valence-electron chi connectivity index (χ0n) is 10.2. The van der Waals surface area contributed by atoms with Crippen LogP contribution < -0.4 is 5.32 Å². The first-order valence-corrected chi connectivity index (χ1v) is 5.44. The molecule has 2 unspecified atom stereocenters. The number of rotatable bonds is 7. The Morgan fingerprint density at radius 1 is 1.60 bits per heavy atom. The van der Waals surface area contributed by atoms with Crippen LogP contribution in [0, 0.1) is 5.92 Å². The molecule has 0 aliphatic rings. The topological polar surface area (TPSA) is 58.6 Å². The van der Waals surface area contributed by atoms with Crippen molar-refractivity contribution in [1.82, 2.24) is 5.32 Å². The van der Waals surface area contributed by atoms with Gasteiger partial charge in [0.2, 0.25) is 0 Å². The molecule has 0 bridgehead atoms. The zero-order chi connectivity index (χ0) is 11.9. The van der Waals surface area contributed by atoms with Crippen molar-refractivity contribution in [1.29, 1.82) is 0 Å². The van der Waals surface area contributed by atoms with E-state index in [1.165, 1.54) is 7.11 Å². The Morgan fingerprint density at radius 2 is 2.20 bits per heavy atom. The number of ether oxygens (including phenoxy) is 1. The van der Waals surface area contributed by atoms with Crippen molar-refractivity contribution in [2.24, 2.45) is 5.92 Å². The summed E-state index contributed by atoms with van der Waals surface area (Å²) in [6, 6.07) is 0. The lowest BCUT2D eigenvalue weighted by molar-refractivity contribution is -0.144. The number of methoxy groups -OCH3 is 1. The van der Waals surface area contributed by atoms with Gasteiger partial charge in [0.15, 0.2) is 0 Å². The molecule has 0 saturated heterocycles. The summed E-state index contributed by atoms with van der Waals surface area (Å²) in [4.78, 5) is 11.1.